The molecule has 3 N–H and O–H groups in total. The van der Waals surface area contributed by atoms with Gasteiger partial charge in [0.05, 0.1) is 5.56 Å². The summed E-state index contributed by atoms with van der Waals surface area (Å²) < 4.78 is 0. The molecule has 2 amide bonds. The van der Waals surface area contributed by atoms with Crippen molar-refractivity contribution in [3.63, 3.8) is 0 Å². The molecule has 5 heteroatoms. The zero-order valence-electron chi connectivity index (χ0n) is 15.2. The van der Waals surface area contributed by atoms with Gasteiger partial charge in [0.15, 0.2) is 0 Å². The lowest BCUT2D eigenvalue weighted by Crippen LogP contribution is -2.14. The average Bonchev–Trinajstić information content (AvgIpc) is 2.70. The molecule has 0 aromatic heterocycles. The number of rotatable bonds is 5. The summed E-state index contributed by atoms with van der Waals surface area (Å²) in [4.78, 5) is 23.9. The molecule has 0 saturated heterocycles. The van der Waals surface area contributed by atoms with Crippen molar-refractivity contribution in [1.82, 2.24) is 0 Å². The first-order valence-corrected chi connectivity index (χ1v) is 9.24. The summed E-state index contributed by atoms with van der Waals surface area (Å²) in [5.74, 6) is -0.362. The van der Waals surface area contributed by atoms with Gasteiger partial charge >= 0.3 is 0 Å². The lowest BCUT2D eigenvalue weighted by molar-refractivity contribution is -0.111. The highest BCUT2D eigenvalue weighted by Gasteiger charge is 2.16. The van der Waals surface area contributed by atoms with Crippen LogP contribution in [0.15, 0.2) is 55.1 Å². The Balaban J connectivity index is 1.70. The number of amides is 2. The molecule has 2 aromatic rings. The molecule has 140 valence electrons. The Labute approximate surface area is 159 Å². The molecule has 3 rings (SSSR count). The fourth-order valence-electron chi connectivity index (χ4n) is 3.46. The Kier molecular flexibility index (Phi) is 5.91. The third-order valence-corrected chi connectivity index (χ3v) is 4.94. The standard InChI is InChI=1S/C22H24N2O3/c1-2-21(26)23-18-12-13-20(25)19(14-18)22(27)24-17-10-8-16(9-11-17)15-6-4-3-5-7-15/h2,8-15,25H,1,3-7H2,(H,23,26)(H,24,27). The summed E-state index contributed by atoms with van der Waals surface area (Å²) in [6.07, 6.45) is 7.47. The van der Waals surface area contributed by atoms with E-state index in [1.54, 1.807) is 0 Å². The number of hydrogen-bond donors (Lipinski definition) is 3. The van der Waals surface area contributed by atoms with Crippen LogP contribution in [0.3, 0.4) is 0 Å². The second kappa shape index (κ2) is 8.54. The summed E-state index contributed by atoms with van der Waals surface area (Å²) in [5.41, 5.74) is 2.48. The van der Waals surface area contributed by atoms with Gasteiger partial charge in [-0.1, -0.05) is 38.0 Å². The third-order valence-electron chi connectivity index (χ3n) is 4.94. The fraction of sp³-hybridized carbons (Fsp3) is 0.273. The molecular weight excluding hydrogens is 340 g/mol. The summed E-state index contributed by atoms with van der Waals surface area (Å²) in [5, 5.41) is 15.4. The van der Waals surface area contributed by atoms with E-state index in [0.29, 0.717) is 17.3 Å². The van der Waals surface area contributed by atoms with Crippen molar-refractivity contribution in [3.8, 4) is 5.75 Å². The van der Waals surface area contributed by atoms with Gasteiger partial charge in [-0.2, -0.15) is 0 Å². The van der Waals surface area contributed by atoms with Crippen LogP contribution in [-0.2, 0) is 4.79 Å². The van der Waals surface area contributed by atoms with Gasteiger partial charge in [-0.05, 0) is 60.7 Å². The van der Waals surface area contributed by atoms with Crippen LogP contribution in [0, 0.1) is 0 Å². The monoisotopic (exact) mass is 364 g/mol. The maximum Gasteiger partial charge on any atom is 0.259 e. The minimum absolute atomic E-state index is 0.0909. The van der Waals surface area contributed by atoms with E-state index >= 15 is 0 Å². The largest absolute Gasteiger partial charge is 0.507 e. The van der Waals surface area contributed by atoms with Gasteiger partial charge in [0, 0.05) is 11.4 Å². The van der Waals surface area contributed by atoms with Crippen molar-refractivity contribution in [2.45, 2.75) is 38.0 Å². The number of phenolic OH excluding ortho intramolecular Hbond substituents is 1. The predicted molar refractivity (Wildman–Crippen MR) is 107 cm³/mol. The summed E-state index contributed by atoms with van der Waals surface area (Å²) in [7, 11) is 0. The number of phenols is 1. The molecule has 0 heterocycles. The van der Waals surface area contributed by atoms with Crippen molar-refractivity contribution in [1.29, 1.82) is 0 Å². The first kappa shape index (κ1) is 18.7. The van der Waals surface area contributed by atoms with Crippen LogP contribution in [-0.4, -0.2) is 16.9 Å². The molecule has 5 nitrogen and oxygen atoms in total. The van der Waals surface area contributed by atoms with E-state index in [4.69, 9.17) is 0 Å². The summed E-state index contributed by atoms with van der Waals surface area (Å²) >= 11 is 0. The van der Waals surface area contributed by atoms with Gasteiger partial charge in [-0.15, -0.1) is 0 Å². The molecule has 1 aliphatic carbocycles. The van der Waals surface area contributed by atoms with Crippen LogP contribution < -0.4 is 10.6 Å². The van der Waals surface area contributed by atoms with E-state index in [9.17, 15) is 14.7 Å². The Morgan fingerprint density at radius 2 is 1.63 bits per heavy atom. The van der Waals surface area contributed by atoms with E-state index in [-0.39, 0.29) is 17.2 Å². The Hall–Kier alpha value is -3.08. The normalized spacial score (nSPS) is 14.4. The van der Waals surface area contributed by atoms with E-state index in [1.807, 2.05) is 12.1 Å². The van der Waals surface area contributed by atoms with Crippen molar-refractivity contribution >= 4 is 23.2 Å². The van der Waals surface area contributed by atoms with Crippen LogP contribution >= 0.6 is 0 Å². The molecule has 0 radical (unpaired) electrons. The number of nitrogens with one attached hydrogen (secondary N) is 2. The van der Waals surface area contributed by atoms with Gasteiger partial charge in [0.2, 0.25) is 5.91 Å². The van der Waals surface area contributed by atoms with Gasteiger partial charge in [-0.3, -0.25) is 9.59 Å². The lowest BCUT2D eigenvalue weighted by atomic mass is 9.84. The van der Waals surface area contributed by atoms with E-state index < -0.39 is 5.91 Å². The second-order valence-corrected chi connectivity index (χ2v) is 6.84. The molecule has 0 unspecified atom stereocenters. The first-order valence-electron chi connectivity index (χ1n) is 9.24. The van der Waals surface area contributed by atoms with Gasteiger partial charge in [0.1, 0.15) is 5.75 Å². The summed E-state index contributed by atoms with van der Waals surface area (Å²) in [6, 6.07) is 12.2. The van der Waals surface area contributed by atoms with Crippen LogP contribution in [0.2, 0.25) is 0 Å². The Bertz CT molecular complexity index is 837. The Morgan fingerprint density at radius 3 is 2.30 bits per heavy atom. The molecule has 0 atom stereocenters. The quantitative estimate of drug-likeness (QED) is 0.526. The predicted octanol–water partition coefficient (Wildman–Crippen LogP) is 4.82. The molecule has 1 aliphatic rings. The number of anilines is 2. The van der Waals surface area contributed by atoms with Crippen molar-refractivity contribution in [2.75, 3.05) is 10.6 Å². The van der Waals surface area contributed by atoms with Crippen LogP contribution in [0.5, 0.6) is 5.75 Å². The minimum Gasteiger partial charge on any atom is -0.507 e. The van der Waals surface area contributed by atoms with Gasteiger partial charge in [-0.25, -0.2) is 0 Å². The zero-order chi connectivity index (χ0) is 19.2. The third kappa shape index (κ3) is 4.76. The lowest BCUT2D eigenvalue weighted by Gasteiger charge is -2.22. The fourth-order valence-corrected chi connectivity index (χ4v) is 3.46. The van der Waals surface area contributed by atoms with Crippen LogP contribution in [0.25, 0.3) is 0 Å². The minimum atomic E-state index is -0.437. The average molecular weight is 364 g/mol. The topological polar surface area (TPSA) is 78.4 Å². The Morgan fingerprint density at radius 1 is 0.963 bits per heavy atom. The van der Waals surface area contributed by atoms with Crippen LogP contribution in [0.4, 0.5) is 11.4 Å². The highest BCUT2D eigenvalue weighted by Crippen LogP contribution is 2.33. The molecular formula is C22H24N2O3. The molecule has 0 aliphatic heterocycles. The van der Waals surface area contributed by atoms with Gasteiger partial charge in [0.25, 0.3) is 5.91 Å². The maximum absolute atomic E-state index is 12.5. The molecule has 0 bridgehead atoms. The number of aromatic hydroxyl groups is 1. The number of benzene rings is 2. The van der Waals surface area contributed by atoms with E-state index in [2.05, 4.69) is 29.3 Å². The molecule has 2 aromatic carbocycles. The molecule has 0 spiro atoms. The van der Waals surface area contributed by atoms with Crippen molar-refractivity contribution in [2.24, 2.45) is 0 Å². The molecule has 27 heavy (non-hydrogen) atoms. The zero-order valence-corrected chi connectivity index (χ0v) is 15.2. The van der Waals surface area contributed by atoms with Crippen molar-refractivity contribution in [3.05, 3.63) is 66.2 Å². The van der Waals surface area contributed by atoms with E-state index in [0.717, 1.165) is 6.08 Å². The SMILES string of the molecule is C=CC(=O)Nc1ccc(O)c(C(=O)Nc2ccc(C3CCCCC3)cc2)c1. The second-order valence-electron chi connectivity index (χ2n) is 6.84. The smallest absolute Gasteiger partial charge is 0.259 e. The number of carbonyl (C=O) groups is 2. The molecule has 1 saturated carbocycles. The number of carbonyl (C=O) groups excluding carboxylic acids is 2. The first-order chi connectivity index (χ1) is 13.1. The molecule has 1 fully saturated rings. The van der Waals surface area contributed by atoms with Crippen molar-refractivity contribution < 1.29 is 14.7 Å². The highest BCUT2D eigenvalue weighted by atomic mass is 16.3. The van der Waals surface area contributed by atoms with Gasteiger partial charge < -0.3 is 15.7 Å². The van der Waals surface area contributed by atoms with Crippen LogP contribution in [0.1, 0.15) is 53.9 Å². The maximum atomic E-state index is 12.5. The van der Waals surface area contributed by atoms with E-state index in [1.165, 1.54) is 55.9 Å². The number of hydrogen-bond acceptors (Lipinski definition) is 3. The highest BCUT2D eigenvalue weighted by molar-refractivity contribution is 6.07. The summed E-state index contributed by atoms with van der Waals surface area (Å²) in [6.45, 7) is 3.39.